The van der Waals surface area contributed by atoms with Crippen LogP contribution in [-0.4, -0.2) is 0 Å². The summed E-state index contributed by atoms with van der Waals surface area (Å²) in [5.74, 6) is 3.23. The lowest BCUT2D eigenvalue weighted by molar-refractivity contribution is 0.430. The molecule has 1 saturated carbocycles. The Balaban J connectivity index is 1.57. The Hall–Kier alpha value is -1.61. The molecule has 0 amide bonds. The third-order valence-electron chi connectivity index (χ3n) is 4.09. The largest absolute Gasteiger partial charge is 0.464 e. The molecule has 1 N–H and O–H groups in total. The molecule has 1 heterocycles. The van der Waals surface area contributed by atoms with Gasteiger partial charge in [-0.3, -0.25) is 0 Å². The minimum absolute atomic E-state index is 0.0964. The SMILES string of the molecule is CC1CC1c1ccc(CN[C@@H](C)c2cccc(F)c2)o1. The first-order valence-electron chi connectivity index (χ1n) is 7.21. The number of rotatable bonds is 5. The smallest absolute Gasteiger partial charge is 0.123 e. The molecule has 1 aliphatic rings. The first kappa shape index (κ1) is 13.4. The van der Waals surface area contributed by atoms with Gasteiger partial charge in [0.15, 0.2) is 0 Å². The van der Waals surface area contributed by atoms with Crippen LogP contribution in [0.25, 0.3) is 0 Å². The number of hydrogen-bond donors (Lipinski definition) is 1. The van der Waals surface area contributed by atoms with Crippen molar-refractivity contribution in [1.82, 2.24) is 5.32 Å². The molecular formula is C17H20FNO. The highest BCUT2D eigenvalue weighted by atomic mass is 19.1. The summed E-state index contributed by atoms with van der Waals surface area (Å²) in [5.41, 5.74) is 0.951. The lowest BCUT2D eigenvalue weighted by Gasteiger charge is -2.13. The third kappa shape index (κ3) is 2.93. The highest BCUT2D eigenvalue weighted by Crippen LogP contribution is 2.47. The molecule has 1 aromatic carbocycles. The molecular weight excluding hydrogens is 253 g/mol. The molecule has 1 aliphatic carbocycles. The van der Waals surface area contributed by atoms with Crippen molar-refractivity contribution in [3.63, 3.8) is 0 Å². The lowest BCUT2D eigenvalue weighted by Crippen LogP contribution is -2.17. The van der Waals surface area contributed by atoms with Gasteiger partial charge in [-0.05, 0) is 49.1 Å². The molecule has 0 radical (unpaired) electrons. The second-order valence-electron chi connectivity index (χ2n) is 5.78. The van der Waals surface area contributed by atoms with Crippen LogP contribution in [0.5, 0.6) is 0 Å². The second kappa shape index (κ2) is 5.41. The van der Waals surface area contributed by atoms with E-state index in [2.05, 4.69) is 18.3 Å². The molecule has 0 spiro atoms. The summed E-state index contributed by atoms with van der Waals surface area (Å²) >= 11 is 0. The van der Waals surface area contributed by atoms with Gasteiger partial charge in [-0.1, -0.05) is 19.1 Å². The minimum Gasteiger partial charge on any atom is -0.464 e. The maximum atomic E-state index is 13.2. The van der Waals surface area contributed by atoms with Crippen molar-refractivity contribution in [2.45, 2.75) is 38.8 Å². The number of benzene rings is 1. The van der Waals surface area contributed by atoms with Gasteiger partial charge in [-0.25, -0.2) is 4.39 Å². The van der Waals surface area contributed by atoms with Crippen molar-refractivity contribution in [3.05, 3.63) is 59.3 Å². The predicted molar refractivity (Wildman–Crippen MR) is 76.9 cm³/mol. The number of furan rings is 1. The molecule has 20 heavy (non-hydrogen) atoms. The van der Waals surface area contributed by atoms with Crippen molar-refractivity contribution in [1.29, 1.82) is 0 Å². The van der Waals surface area contributed by atoms with E-state index < -0.39 is 0 Å². The fraction of sp³-hybridized carbons (Fsp3) is 0.412. The molecule has 0 saturated heterocycles. The summed E-state index contributed by atoms with van der Waals surface area (Å²) in [5, 5.41) is 3.37. The number of nitrogens with one attached hydrogen (secondary N) is 1. The van der Waals surface area contributed by atoms with Crippen molar-refractivity contribution >= 4 is 0 Å². The highest BCUT2D eigenvalue weighted by Gasteiger charge is 2.36. The molecule has 3 atom stereocenters. The van der Waals surface area contributed by atoms with E-state index >= 15 is 0 Å². The van der Waals surface area contributed by atoms with Crippen LogP contribution in [0.3, 0.4) is 0 Å². The Morgan fingerprint density at radius 1 is 1.35 bits per heavy atom. The fourth-order valence-electron chi connectivity index (χ4n) is 2.55. The summed E-state index contributed by atoms with van der Waals surface area (Å²) < 4.78 is 19.0. The standard InChI is InChI=1S/C17H20FNO/c1-11-8-16(11)17-7-6-15(20-17)10-19-12(2)13-4-3-5-14(18)9-13/h3-7,9,11-12,16,19H,8,10H2,1-2H3/t11?,12-,16?/m0/s1. The molecule has 2 unspecified atom stereocenters. The molecule has 0 bridgehead atoms. The highest BCUT2D eigenvalue weighted by molar-refractivity contribution is 5.20. The van der Waals surface area contributed by atoms with Gasteiger partial charge in [-0.2, -0.15) is 0 Å². The van der Waals surface area contributed by atoms with Crippen LogP contribution in [-0.2, 0) is 6.54 Å². The summed E-state index contributed by atoms with van der Waals surface area (Å²) in [7, 11) is 0. The first-order chi connectivity index (χ1) is 9.63. The predicted octanol–water partition coefficient (Wildman–Crippen LogP) is 4.39. The molecule has 3 rings (SSSR count). The van der Waals surface area contributed by atoms with Gasteiger partial charge in [0, 0.05) is 12.0 Å². The summed E-state index contributed by atoms with van der Waals surface area (Å²) in [6.07, 6.45) is 1.24. The molecule has 106 valence electrons. The van der Waals surface area contributed by atoms with Gasteiger partial charge in [0.05, 0.1) is 6.54 Å². The quantitative estimate of drug-likeness (QED) is 0.873. The van der Waals surface area contributed by atoms with E-state index in [0.717, 1.165) is 23.0 Å². The van der Waals surface area contributed by atoms with Crippen molar-refractivity contribution in [2.24, 2.45) is 5.92 Å². The summed E-state index contributed by atoms with van der Waals surface area (Å²) in [4.78, 5) is 0. The second-order valence-corrected chi connectivity index (χ2v) is 5.78. The van der Waals surface area contributed by atoms with Crippen LogP contribution in [0.4, 0.5) is 4.39 Å². The van der Waals surface area contributed by atoms with Gasteiger partial charge in [0.2, 0.25) is 0 Å². The van der Waals surface area contributed by atoms with Gasteiger partial charge in [0.1, 0.15) is 17.3 Å². The van der Waals surface area contributed by atoms with Gasteiger partial charge >= 0.3 is 0 Å². The van der Waals surface area contributed by atoms with Gasteiger partial charge < -0.3 is 9.73 Å². The van der Waals surface area contributed by atoms with E-state index in [1.54, 1.807) is 12.1 Å². The van der Waals surface area contributed by atoms with Gasteiger partial charge in [0.25, 0.3) is 0 Å². The van der Waals surface area contributed by atoms with Gasteiger partial charge in [-0.15, -0.1) is 0 Å². The molecule has 1 fully saturated rings. The lowest BCUT2D eigenvalue weighted by atomic mass is 10.1. The minimum atomic E-state index is -0.195. The Kier molecular flexibility index (Phi) is 3.62. The van der Waals surface area contributed by atoms with E-state index in [9.17, 15) is 4.39 Å². The average Bonchev–Trinajstić information content (AvgIpc) is 2.99. The van der Waals surface area contributed by atoms with Crippen LogP contribution in [0, 0.1) is 11.7 Å². The molecule has 0 aliphatic heterocycles. The molecule has 2 nitrogen and oxygen atoms in total. The van der Waals surface area contributed by atoms with Crippen LogP contribution >= 0.6 is 0 Å². The zero-order chi connectivity index (χ0) is 14.1. The molecule has 1 aromatic heterocycles. The van der Waals surface area contributed by atoms with E-state index in [4.69, 9.17) is 4.42 Å². The van der Waals surface area contributed by atoms with Crippen molar-refractivity contribution in [2.75, 3.05) is 0 Å². The van der Waals surface area contributed by atoms with E-state index in [-0.39, 0.29) is 11.9 Å². The van der Waals surface area contributed by atoms with Crippen LogP contribution in [0.1, 0.15) is 49.3 Å². The van der Waals surface area contributed by atoms with E-state index in [1.165, 1.54) is 12.5 Å². The normalized spacial score (nSPS) is 22.8. The van der Waals surface area contributed by atoms with Crippen molar-refractivity contribution < 1.29 is 8.81 Å². The maximum Gasteiger partial charge on any atom is 0.123 e. The topological polar surface area (TPSA) is 25.2 Å². The Labute approximate surface area is 119 Å². The maximum absolute atomic E-state index is 13.2. The first-order valence-corrected chi connectivity index (χ1v) is 7.21. The number of halogens is 1. The Bertz CT molecular complexity index is 592. The van der Waals surface area contributed by atoms with E-state index in [0.29, 0.717) is 12.5 Å². The molecule has 3 heteroatoms. The Morgan fingerprint density at radius 2 is 2.15 bits per heavy atom. The van der Waals surface area contributed by atoms with Crippen LogP contribution in [0.2, 0.25) is 0 Å². The fourth-order valence-corrected chi connectivity index (χ4v) is 2.55. The summed E-state index contributed by atoms with van der Waals surface area (Å²) in [6, 6.07) is 10.9. The molecule has 2 aromatic rings. The van der Waals surface area contributed by atoms with Crippen LogP contribution in [0.15, 0.2) is 40.8 Å². The van der Waals surface area contributed by atoms with Crippen LogP contribution < -0.4 is 5.32 Å². The Morgan fingerprint density at radius 3 is 2.85 bits per heavy atom. The zero-order valence-electron chi connectivity index (χ0n) is 11.9. The third-order valence-corrected chi connectivity index (χ3v) is 4.09. The van der Waals surface area contributed by atoms with E-state index in [1.807, 2.05) is 19.1 Å². The average molecular weight is 273 g/mol. The monoisotopic (exact) mass is 273 g/mol. The summed E-state index contributed by atoms with van der Waals surface area (Å²) in [6.45, 7) is 4.94. The number of hydrogen-bond acceptors (Lipinski definition) is 2. The van der Waals surface area contributed by atoms with Crippen molar-refractivity contribution in [3.8, 4) is 0 Å². The zero-order valence-corrected chi connectivity index (χ0v) is 11.9.